The zero-order valence-corrected chi connectivity index (χ0v) is 16.4. The van der Waals surface area contributed by atoms with Gasteiger partial charge in [0.2, 0.25) is 11.8 Å². The van der Waals surface area contributed by atoms with E-state index in [2.05, 4.69) is 4.90 Å². The highest BCUT2D eigenvalue weighted by atomic mass is 16.5. The second-order valence-electron chi connectivity index (χ2n) is 7.16. The van der Waals surface area contributed by atoms with Crippen molar-refractivity contribution in [1.29, 1.82) is 0 Å². The molecule has 0 aliphatic carbocycles. The molecule has 0 bridgehead atoms. The van der Waals surface area contributed by atoms with E-state index in [4.69, 9.17) is 9.47 Å². The average molecular weight is 367 g/mol. The van der Waals surface area contributed by atoms with Crippen LogP contribution in [-0.4, -0.2) is 99.3 Å². The molecule has 0 aromatic heterocycles. The quantitative estimate of drug-likeness (QED) is 0.622. The number of hydrogen-bond donors (Lipinski definition) is 0. The third-order valence-corrected chi connectivity index (χ3v) is 5.18. The van der Waals surface area contributed by atoms with Crippen molar-refractivity contribution in [3.05, 3.63) is 12.2 Å². The molecule has 2 heterocycles. The highest BCUT2D eigenvalue weighted by Gasteiger charge is 2.33. The Morgan fingerprint density at radius 2 is 1.96 bits per heavy atom. The molecule has 2 amide bonds. The molecule has 2 aliphatic rings. The fourth-order valence-electron chi connectivity index (χ4n) is 3.59. The van der Waals surface area contributed by atoms with E-state index in [0.717, 1.165) is 52.2 Å². The van der Waals surface area contributed by atoms with Crippen LogP contribution in [0.3, 0.4) is 0 Å². The Hall–Kier alpha value is -1.44. The molecule has 0 N–H and O–H groups in total. The molecule has 0 aromatic rings. The van der Waals surface area contributed by atoms with Crippen LogP contribution in [0.25, 0.3) is 0 Å². The number of ether oxygens (including phenoxy) is 2. The van der Waals surface area contributed by atoms with Gasteiger partial charge in [-0.1, -0.05) is 6.08 Å². The molecule has 2 saturated heterocycles. The molecule has 7 heteroatoms. The van der Waals surface area contributed by atoms with E-state index in [0.29, 0.717) is 12.8 Å². The SMILES string of the molecule is CO[C@H]1CCCN(C(=O)/C=C/CN2CCOCC2)[C@H]1CCC(=O)N(C)C. The minimum Gasteiger partial charge on any atom is -0.379 e. The number of carbonyl (C=O) groups excluding carboxylic acids is 2. The smallest absolute Gasteiger partial charge is 0.246 e. The lowest BCUT2D eigenvalue weighted by atomic mass is 9.94. The maximum Gasteiger partial charge on any atom is 0.246 e. The van der Waals surface area contributed by atoms with Crippen LogP contribution < -0.4 is 0 Å². The minimum atomic E-state index is -0.0433. The van der Waals surface area contributed by atoms with Crippen molar-refractivity contribution in [3.8, 4) is 0 Å². The number of hydrogen-bond acceptors (Lipinski definition) is 5. The molecule has 0 spiro atoms. The summed E-state index contributed by atoms with van der Waals surface area (Å²) >= 11 is 0. The van der Waals surface area contributed by atoms with Gasteiger partial charge in [-0.15, -0.1) is 0 Å². The number of morpholine rings is 1. The third kappa shape index (κ3) is 6.07. The zero-order chi connectivity index (χ0) is 18.9. The van der Waals surface area contributed by atoms with Gasteiger partial charge in [-0.25, -0.2) is 0 Å². The molecule has 2 fully saturated rings. The number of nitrogens with zero attached hydrogens (tertiary/aromatic N) is 3. The van der Waals surface area contributed by atoms with Gasteiger partial charge in [0, 0.05) is 59.9 Å². The first kappa shape index (κ1) is 20.9. The van der Waals surface area contributed by atoms with Crippen LogP contribution in [-0.2, 0) is 19.1 Å². The van der Waals surface area contributed by atoms with Crippen LogP contribution in [0.5, 0.6) is 0 Å². The van der Waals surface area contributed by atoms with Crippen molar-refractivity contribution in [3.63, 3.8) is 0 Å². The van der Waals surface area contributed by atoms with Gasteiger partial charge in [0.05, 0.1) is 25.4 Å². The summed E-state index contributed by atoms with van der Waals surface area (Å²) in [5.74, 6) is 0.1000. The molecule has 0 unspecified atom stereocenters. The predicted molar refractivity (Wildman–Crippen MR) is 99.9 cm³/mol. The Morgan fingerprint density at radius 3 is 2.62 bits per heavy atom. The van der Waals surface area contributed by atoms with Gasteiger partial charge in [0.15, 0.2) is 0 Å². The van der Waals surface area contributed by atoms with Crippen LogP contribution in [0.1, 0.15) is 25.7 Å². The van der Waals surface area contributed by atoms with Crippen LogP contribution in [0, 0.1) is 0 Å². The second-order valence-corrected chi connectivity index (χ2v) is 7.16. The summed E-state index contributed by atoms with van der Waals surface area (Å²) in [5.41, 5.74) is 0. The lowest BCUT2D eigenvalue weighted by Crippen LogP contribution is -2.51. The van der Waals surface area contributed by atoms with Gasteiger partial charge in [0.25, 0.3) is 0 Å². The Bertz CT molecular complexity index is 489. The van der Waals surface area contributed by atoms with Gasteiger partial charge in [-0.05, 0) is 19.3 Å². The number of carbonyl (C=O) groups is 2. The topological polar surface area (TPSA) is 62.3 Å². The van der Waals surface area contributed by atoms with Gasteiger partial charge in [-0.2, -0.15) is 0 Å². The van der Waals surface area contributed by atoms with Crippen molar-refractivity contribution in [2.75, 3.05) is 60.6 Å². The van der Waals surface area contributed by atoms with E-state index in [-0.39, 0.29) is 24.0 Å². The highest BCUT2D eigenvalue weighted by Crippen LogP contribution is 2.24. The molecule has 2 atom stereocenters. The van der Waals surface area contributed by atoms with Gasteiger partial charge < -0.3 is 19.3 Å². The van der Waals surface area contributed by atoms with Crippen molar-refractivity contribution < 1.29 is 19.1 Å². The van der Waals surface area contributed by atoms with Gasteiger partial charge >= 0.3 is 0 Å². The standard InChI is InChI=1S/C19H33N3O4/c1-20(2)18(23)9-8-16-17(25-3)6-4-11-22(16)19(24)7-5-10-21-12-14-26-15-13-21/h5,7,16-17H,4,6,8-15H2,1-3H3/b7-5+/t16-,17-/m0/s1. The predicted octanol–water partition coefficient (Wildman–Crippen LogP) is 0.749. The van der Waals surface area contributed by atoms with E-state index in [1.165, 1.54) is 0 Å². The summed E-state index contributed by atoms with van der Waals surface area (Å²) in [6, 6.07) is -0.0433. The molecular weight excluding hydrogens is 334 g/mol. The number of methoxy groups -OCH3 is 1. The number of likely N-dealkylation sites (tertiary alicyclic amines) is 1. The lowest BCUT2D eigenvalue weighted by molar-refractivity contribution is -0.137. The van der Waals surface area contributed by atoms with Gasteiger partial charge in [0.1, 0.15) is 0 Å². The van der Waals surface area contributed by atoms with E-state index in [1.807, 2.05) is 11.0 Å². The monoisotopic (exact) mass is 367 g/mol. The molecule has 148 valence electrons. The molecule has 0 saturated carbocycles. The summed E-state index contributed by atoms with van der Waals surface area (Å²) in [7, 11) is 5.20. The number of amides is 2. The van der Waals surface area contributed by atoms with Crippen molar-refractivity contribution in [1.82, 2.24) is 14.7 Å². The summed E-state index contributed by atoms with van der Waals surface area (Å²) in [5, 5.41) is 0. The molecule has 26 heavy (non-hydrogen) atoms. The van der Waals surface area contributed by atoms with E-state index in [1.54, 1.807) is 32.2 Å². The van der Waals surface area contributed by atoms with Crippen molar-refractivity contribution >= 4 is 11.8 Å². The fraction of sp³-hybridized carbons (Fsp3) is 0.789. The molecule has 2 rings (SSSR count). The lowest BCUT2D eigenvalue weighted by Gasteiger charge is -2.40. The maximum absolute atomic E-state index is 12.7. The van der Waals surface area contributed by atoms with Crippen molar-refractivity contribution in [2.45, 2.75) is 37.8 Å². The fourth-order valence-corrected chi connectivity index (χ4v) is 3.59. The van der Waals surface area contributed by atoms with Crippen LogP contribution in [0.4, 0.5) is 0 Å². The minimum absolute atomic E-state index is 0.00435. The Morgan fingerprint density at radius 1 is 1.23 bits per heavy atom. The molecule has 2 aliphatic heterocycles. The second kappa shape index (κ2) is 10.6. The Balaban J connectivity index is 1.93. The number of piperidine rings is 1. The highest BCUT2D eigenvalue weighted by molar-refractivity contribution is 5.88. The van der Waals surface area contributed by atoms with Gasteiger partial charge in [-0.3, -0.25) is 14.5 Å². The van der Waals surface area contributed by atoms with Crippen LogP contribution in [0.15, 0.2) is 12.2 Å². The molecule has 7 nitrogen and oxygen atoms in total. The average Bonchev–Trinajstić information content (AvgIpc) is 2.66. The normalized spacial score (nSPS) is 24.8. The molecular formula is C19H33N3O4. The summed E-state index contributed by atoms with van der Waals surface area (Å²) in [4.78, 5) is 30.4. The number of rotatable bonds is 7. The molecule has 0 aromatic carbocycles. The van der Waals surface area contributed by atoms with E-state index < -0.39 is 0 Å². The van der Waals surface area contributed by atoms with E-state index in [9.17, 15) is 9.59 Å². The van der Waals surface area contributed by atoms with Crippen LogP contribution in [0.2, 0.25) is 0 Å². The summed E-state index contributed by atoms with van der Waals surface area (Å²) < 4.78 is 10.9. The van der Waals surface area contributed by atoms with Crippen molar-refractivity contribution in [2.24, 2.45) is 0 Å². The van der Waals surface area contributed by atoms with Crippen LogP contribution >= 0.6 is 0 Å². The maximum atomic E-state index is 12.7. The summed E-state index contributed by atoms with van der Waals surface area (Å²) in [6.07, 6.45) is 6.53. The summed E-state index contributed by atoms with van der Waals surface area (Å²) in [6.45, 7) is 4.81. The molecule has 0 radical (unpaired) electrons. The largest absolute Gasteiger partial charge is 0.379 e. The Labute approximate surface area is 156 Å². The third-order valence-electron chi connectivity index (χ3n) is 5.18. The first-order chi connectivity index (χ1) is 12.5. The first-order valence-electron chi connectivity index (χ1n) is 9.53. The Kier molecular flexibility index (Phi) is 8.54. The zero-order valence-electron chi connectivity index (χ0n) is 16.4. The first-order valence-corrected chi connectivity index (χ1v) is 9.53. The van der Waals surface area contributed by atoms with E-state index >= 15 is 0 Å².